The molecule has 0 atom stereocenters. The van der Waals surface area contributed by atoms with Gasteiger partial charge in [-0.3, -0.25) is 0 Å². The number of nitrogens with zero attached hydrogens (tertiary/aromatic N) is 2. The lowest BCUT2D eigenvalue weighted by Crippen LogP contribution is -1.97. The Labute approximate surface area is 110 Å². The molecule has 0 unspecified atom stereocenters. The maximum Gasteiger partial charge on any atom is 0.123 e. The molecule has 3 aromatic rings. The predicted octanol–water partition coefficient (Wildman–Crippen LogP) is 2.52. The van der Waals surface area contributed by atoms with E-state index in [2.05, 4.69) is 4.98 Å². The van der Waals surface area contributed by atoms with Crippen molar-refractivity contribution in [1.82, 2.24) is 9.38 Å². The summed E-state index contributed by atoms with van der Waals surface area (Å²) in [5, 5.41) is 0. The van der Waals surface area contributed by atoms with Gasteiger partial charge in [0.1, 0.15) is 11.6 Å². The largest absolute Gasteiger partial charge is 0.325 e. The van der Waals surface area contributed by atoms with E-state index in [0.29, 0.717) is 13.0 Å². The maximum absolute atomic E-state index is 12.9. The minimum absolute atomic E-state index is 0.223. The number of rotatable bonds is 3. The second-order valence-corrected chi connectivity index (χ2v) is 4.44. The summed E-state index contributed by atoms with van der Waals surface area (Å²) in [6.07, 6.45) is 2.63. The Hall–Kier alpha value is -2.20. The third-order valence-corrected chi connectivity index (χ3v) is 3.17. The average molecular weight is 255 g/mol. The third kappa shape index (κ3) is 2.22. The van der Waals surface area contributed by atoms with Crippen LogP contribution in [0, 0.1) is 5.82 Å². The van der Waals surface area contributed by atoms with E-state index in [-0.39, 0.29) is 5.82 Å². The Morgan fingerprint density at radius 1 is 1.11 bits per heavy atom. The minimum Gasteiger partial charge on any atom is -0.325 e. The lowest BCUT2D eigenvalue weighted by Gasteiger charge is -2.01. The van der Waals surface area contributed by atoms with Crippen LogP contribution in [0.5, 0.6) is 0 Å². The lowest BCUT2D eigenvalue weighted by molar-refractivity contribution is 0.627. The molecule has 2 aromatic heterocycles. The van der Waals surface area contributed by atoms with Gasteiger partial charge < -0.3 is 10.1 Å². The van der Waals surface area contributed by atoms with Gasteiger partial charge in [0.2, 0.25) is 0 Å². The molecule has 1 aromatic carbocycles. The van der Waals surface area contributed by atoms with Crippen LogP contribution in [0.3, 0.4) is 0 Å². The molecule has 2 N–H and O–H groups in total. The molecule has 2 heterocycles. The number of hydrogen-bond donors (Lipinski definition) is 1. The molecular weight excluding hydrogens is 241 g/mol. The van der Waals surface area contributed by atoms with E-state index >= 15 is 0 Å². The van der Waals surface area contributed by atoms with Crippen molar-refractivity contribution in [3.63, 3.8) is 0 Å². The number of fused-ring (bicyclic) bond motifs is 1. The molecule has 4 heteroatoms. The molecule has 0 aliphatic heterocycles. The Bertz CT molecular complexity index is 701. The molecule has 0 spiro atoms. The van der Waals surface area contributed by atoms with Gasteiger partial charge in [-0.2, -0.15) is 0 Å². The molecular formula is C15H14FN3. The summed E-state index contributed by atoms with van der Waals surface area (Å²) >= 11 is 0. The fourth-order valence-corrected chi connectivity index (χ4v) is 2.23. The Kier molecular flexibility index (Phi) is 3.01. The van der Waals surface area contributed by atoms with Gasteiger partial charge in [0.25, 0.3) is 0 Å². The average Bonchev–Trinajstić information content (AvgIpc) is 2.80. The summed E-state index contributed by atoms with van der Waals surface area (Å²) in [5.41, 5.74) is 8.66. The van der Waals surface area contributed by atoms with Crippen LogP contribution in [0.4, 0.5) is 4.39 Å². The number of hydrogen-bond acceptors (Lipinski definition) is 2. The highest BCUT2D eigenvalue weighted by atomic mass is 19.1. The Balaban J connectivity index is 2.03. The quantitative estimate of drug-likeness (QED) is 0.781. The van der Waals surface area contributed by atoms with E-state index in [1.165, 1.54) is 12.1 Å². The standard InChI is InChI=1S/C15H14FN3/c16-12-6-4-11(5-7-12)9-15-18-13(10-17)14-3-1-2-8-19(14)15/h1-8H,9-10,17H2. The van der Waals surface area contributed by atoms with Gasteiger partial charge in [0, 0.05) is 19.2 Å². The second kappa shape index (κ2) is 4.82. The van der Waals surface area contributed by atoms with Gasteiger partial charge in [-0.05, 0) is 29.8 Å². The monoisotopic (exact) mass is 255 g/mol. The van der Waals surface area contributed by atoms with Crippen LogP contribution in [0.2, 0.25) is 0 Å². The van der Waals surface area contributed by atoms with Crippen molar-refractivity contribution < 1.29 is 4.39 Å². The van der Waals surface area contributed by atoms with E-state index in [1.807, 2.05) is 28.8 Å². The van der Waals surface area contributed by atoms with Gasteiger partial charge in [-0.25, -0.2) is 9.37 Å². The van der Waals surface area contributed by atoms with Crippen LogP contribution in [0.25, 0.3) is 5.52 Å². The number of nitrogens with two attached hydrogens (primary N) is 1. The number of halogens is 1. The molecule has 3 rings (SSSR count). The summed E-state index contributed by atoms with van der Waals surface area (Å²) in [5.74, 6) is 0.696. The highest BCUT2D eigenvalue weighted by Crippen LogP contribution is 2.16. The van der Waals surface area contributed by atoms with E-state index in [1.54, 1.807) is 12.1 Å². The van der Waals surface area contributed by atoms with Crippen molar-refractivity contribution >= 4 is 5.52 Å². The summed E-state index contributed by atoms with van der Waals surface area (Å²) in [6, 6.07) is 12.4. The predicted molar refractivity (Wildman–Crippen MR) is 72.3 cm³/mol. The van der Waals surface area contributed by atoms with E-state index in [4.69, 9.17) is 5.73 Å². The van der Waals surface area contributed by atoms with Crippen LogP contribution in [-0.4, -0.2) is 9.38 Å². The molecule has 0 amide bonds. The number of imidazole rings is 1. The second-order valence-electron chi connectivity index (χ2n) is 4.44. The van der Waals surface area contributed by atoms with Crippen molar-refractivity contribution in [3.8, 4) is 0 Å². The topological polar surface area (TPSA) is 43.3 Å². The molecule has 0 saturated heterocycles. The Morgan fingerprint density at radius 2 is 1.89 bits per heavy atom. The molecule has 0 bridgehead atoms. The van der Waals surface area contributed by atoms with Crippen LogP contribution in [0.1, 0.15) is 17.1 Å². The van der Waals surface area contributed by atoms with Crippen molar-refractivity contribution in [2.75, 3.05) is 0 Å². The highest BCUT2D eigenvalue weighted by Gasteiger charge is 2.09. The zero-order valence-electron chi connectivity index (χ0n) is 10.4. The van der Waals surface area contributed by atoms with Crippen LogP contribution in [0.15, 0.2) is 48.7 Å². The van der Waals surface area contributed by atoms with E-state index in [9.17, 15) is 4.39 Å². The first-order valence-corrected chi connectivity index (χ1v) is 6.17. The van der Waals surface area contributed by atoms with Gasteiger partial charge in [0.05, 0.1) is 11.2 Å². The molecule has 19 heavy (non-hydrogen) atoms. The van der Waals surface area contributed by atoms with Gasteiger partial charge in [-0.15, -0.1) is 0 Å². The van der Waals surface area contributed by atoms with Crippen LogP contribution < -0.4 is 5.73 Å². The SMILES string of the molecule is NCc1nc(Cc2ccc(F)cc2)n2ccccc12. The lowest BCUT2D eigenvalue weighted by atomic mass is 10.1. The first-order chi connectivity index (χ1) is 9.28. The number of aromatic nitrogens is 2. The van der Waals surface area contributed by atoms with E-state index in [0.717, 1.165) is 22.6 Å². The van der Waals surface area contributed by atoms with Crippen molar-refractivity contribution in [1.29, 1.82) is 0 Å². The molecule has 3 nitrogen and oxygen atoms in total. The first kappa shape index (κ1) is 11.9. The fourth-order valence-electron chi connectivity index (χ4n) is 2.23. The van der Waals surface area contributed by atoms with Crippen LogP contribution in [-0.2, 0) is 13.0 Å². The number of pyridine rings is 1. The molecule has 0 fully saturated rings. The van der Waals surface area contributed by atoms with Gasteiger partial charge in [0.15, 0.2) is 0 Å². The maximum atomic E-state index is 12.9. The normalized spacial score (nSPS) is 11.1. The van der Waals surface area contributed by atoms with Gasteiger partial charge in [-0.1, -0.05) is 18.2 Å². The van der Waals surface area contributed by atoms with Crippen molar-refractivity contribution in [2.24, 2.45) is 5.73 Å². The third-order valence-electron chi connectivity index (χ3n) is 3.17. The zero-order chi connectivity index (χ0) is 13.2. The molecule has 0 aliphatic carbocycles. The first-order valence-electron chi connectivity index (χ1n) is 6.17. The molecule has 0 radical (unpaired) electrons. The number of benzene rings is 1. The molecule has 96 valence electrons. The van der Waals surface area contributed by atoms with Crippen molar-refractivity contribution in [3.05, 3.63) is 71.6 Å². The minimum atomic E-state index is -0.223. The van der Waals surface area contributed by atoms with Crippen molar-refractivity contribution in [2.45, 2.75) is 13.0 Å². The summed E-state index contributed by atoms with van der Waals surface area (Å²) in [6.45, 7) is 0.414. The fraction of sp³-hybridized carbons (Fsp3) is 0.133. The summed E-state index contributed by atoms with van der Waals surface area (Å²) < 4.78 is 14.9. The summed E-state index contributed by atoms with van der Waals surface area (Å²) in [7, 11) is 0. The molecule has 0 aliphatic rings. The summed E-state index contributed by atoms with van der Waals surface area (Å²) in [4.78, 5) is 4.57. The highest BCUT2D eigenvalue weighted by molar-refractivity contribution is 5.53. The van der Waals surface area contributed by atoms with Gasteiger partial charge >= 0.3 is 0 Å². The van der Waals surface area contributed by atoms with E-state index < -0.39 is 0 Å². The Morgan fingerprint density at radius 3 is 2.63 bits per heavy atom. The smallest absolute Gasteiger partial charge is 0.123 e. The zero-order valence-corrected chi connectivity index (χ0v) is 10.4. The molecule has 0 saturated carbocycles. The van der Waals surface area contributed by atoms with Crippen LogP contribution >= 0.6 is 0 Å².